The predicted molar refractivity (Wildman–Crippen MR) is 79.3 cm³/mol. The average molecular weight is 338 g/mol. The molecular weight excluding hydrogens is 325 g/mol. The van der Waals surface area contributed by atoms with E-state index in [1.54, 1.807) is 30.3 Å². The Morgan fingerprint density at radius 3 is 2.25 bits per heavy atom. The second kappa shape index (κ2) is 6.74. The summed E-state index contributed by atoms with van der Waals surface area (Å²) >= 11 is 0. The molecule has 2 rings (SSSR count). The van der Waals surface area contributed by atoms with Gasteiger partial charge in [-0.1, -0.05) is 30.3 Å². The predicted octanol–water partition coefficient (Wildman–Crippen LogP) is 4.13. The summed E-state index contributed by atoms with van der Waals surface area (Å²) in [7, 11) is 0. The molecule has 0 saturated carbocycles. The fourth-order valence-electron chi connectivity index (χ4n) is 2.24. The number of hydrogen-bond acceptors (Lipinski definition) is 3. The van der Waals surface area contributed by atoms with Gasteiger partial charge in [0.1, 0.15) is 6.61 Å². The minimum atomic E-state index is -4.77. The molecule has 7 heteroatoms. The number of halogens is 3. The first-order chi connectivity index (χ1) is 11.2. The lowest BCUT2D eigenvalue weighted by atomic mass is 9.93. The third-order valence-electron chi connectivity index (χ3n) is 3.29. The van der Waals surface area contributed by atoms with Crippen LogP contribution >= 0.6 is 0 Å². The normalized spacial score (nSPS) is 11.2. The quantitative estimate of drug-likeness (QED) is 0.851. The summed E-state index contributed by atoms with van der Waals surface area (Å²) in [6, 6.07) is 9.84. The molecule has 0 heterocycles. The molecule has 0 aliphatic heterocycles. The second-order valence-electron chi connectivity index (χ2n) is 5.00. The van der Waals surface area contributed by atoms with E-state index >= 15 is 0 Å². The van der Waals surface area contributed by atoms with Crippen molar-refractivity contribution in [2.45, 2.75) is 19.7 Å². The maximum atomic E-state index is 13.2. The summed E-state index contributed by atoms with van der Waals surface area (Å²) in [5, 5.41) is 9.27. The van der Waals surface area contributed by atoms with E-state index in [1.807, 2.05) is 0 Å². The van der Waals surface area contributed by atoms with Crippen LogP contribution in [0.3, 0.4) is 0 Å². The monoisotopic (exact) mass is 338 g/mol. The number of carbonyl (C=O) groups is 2. The Labute approximate surface area is 135 Å². The van der Waals surface area contributed by atoms with Crippen molar-refractivity contribution >= 4 is 11.9 Å². The largest absolute Gasteiger partial charge is 0.478 e. The Morgan fingerprint density at radius 2 is 1.75 bits per heavy atom. The van der Waals surface area contributed by atoms with Gasteiger partial charge in [-0.25, -0.2) is 4.79 Å². The van der Waals surface area contributed by atoms with Gasteiger partial charge >= 0.3 is 18.1 Å². The van der Waals surface area contributed by atoms with Gasteiger partial charge in [0.05, 0.1) is 11.1 Å². The molecule has 0 bridgehead atoms. The SMILES string of the molecule is CC(=O)OCc1cc(-c2ccccc2)c(C(=O)O)cc1C(F)(F)F. The first kappa shape index (κ1) is 17.5. The number of esters is 1. The highest BCUT2D eigenvalue weighted by molar-refractivity contribution is 5.96. The molecule has 126 valence electrons. The van der Waals surface area contributed by atoms with E-state index in [0.29, 0.717) is 11.6 Å². The molecule has 2 aromatic rings. The number of aromatic carboxylic acids is 1. The van der Waals surface area contributed by atoms with Crippen LogP contribution in [0.15, 0.2) is 42.5 Å². The van der Waals surface area contributed by atoms with Crippen molar-refractivity contribution in [2.24, 2.45) is 0 Å². The van der Waals surface area contributed by atoms with Crippen molar-refractivity contribution in [3.05, 3.63) is 59.2 Å². The lowest BCUT2D eigenvalue weighted by Gasteiger charge is -2.17. The lowest BCUT2D eigenvalue weighted by molar-refractivity contribution is -0.145. The number of carbonyl (C=O) groups excluding carboxylic acids is 1. The van der Waals surface area contributed by atoms with Crippen molar-refractivity contribution < 1.29 is 32.6 Å². The summed E-state index contributed by atoms with van der Waals surface area (Å²) in [5.74, 6) is -2.20. The molecule has 0 saturated heterocycles. The maximum Gasteiger partial charge on any atom is 0.416 e. The van der Waals surface area contributed by atoms with Crippen molar-refractivity contribution in [2.75, 3.05) is 0 Å². The second-order valence-corrected chi connectivity index (χ2v) is 5.00. The van der Waals surface area contributed by atoms with E-state index in [9.17, 15) is 27.9 Å². The van der Waals surface area contributed by atoms with Crippen LogP contribution < -0.4 is 0 Å². The summed E-state index contributed by atoms with van der Waals surface area (Å²) in [5.41, 5.74) is -1.34. The standard InChI is InChI=1S/C17H13F3O4/c1-10(21)24-9-12-7-13(11-5-3-2-4-6-11)14(16(22)23)8-15(12)17(18,19)20/h2-8H,9H2,1H3,(H,22,23). The number of alkyl halides is 3. The van der Waals surface area contributed by atoms with Gasteiger partial charge in [0.15, 0.2) is 0 Å². The molecule has 0 amide bonds. The van der Waals surface area contributed by atoms with Crippen molar-refractivity contribution in [3.63, 3.8) is 0 Å². The van der Waals surface area contributed by atoms with Crippen LogP contribution in [0.5, 0.6) is 0 Å². The molecular formula is C17H13F3O4. The van der Waals surface area contributed by atoms with Gasteiger partial charge in [0, 0.05) is 12.5 Å². The van der Waals surface area contributed by atoms with Gasteiger partial charge in [0.25, 0.3) is 0 Å². The van der Waals surface area contributed by atoms with Crippen LogP contribution in [0.1, 0.15) is 28.4 Å². The zero-order valence-corrected chi connectivity index (χ0v) is 12.6. The number of carboxylic acid groups (broad SMARTS) is 1. The number of benzene rings is 2. The lowest BCUT2D eigenvalue weighted by Crippen LogP contribution is -2.14. The molecule has 1 N–H and O–H groups in total. The fraction of sp³-hybridized carbons (Fsp3) is 0.176. The van der Waals surface area contributed by atoms with E-state index in [2.05, 4.69) is 4.74 Å². The van der Waals surface area contributed by atoms with Crippen LogP contribution in [0.25, 0.3) is 11.1 Å². The third kappa shape index (κ3) is 3.92. The number of carboxylic acids is 1. The summed E-state index contributed by atoms with van der Waals surface area (Å²) < 4.78 is 44.3. The van der Waals surface area contributed by atoms with Crippen LogP contribution in [0, 0.1) is 0 Å². The van der Waals surface area contributed by atoms with Gasteiger partial charge in [0.2, 0.25) is 0 Å². The Morgan fingerprint density at radius 1 is 1.12 bits per heavy atom. The Bertz CT molecular complexity index is 767. The topological polar surface area (TPSA) is 63.6 Å². The van der Waals surface area contributed by atoms with Gasteiger partial charge in [-0.15, -0.1) is 0 Å². The molecule has 0 spiro atoms. The van der Waals surface area contributed by atoms with Gasteiger partial charge in [-0.3, -0.25) is 4.79 Å². The maximum absolute atomic E-state index is 13.2. The van der Waals surface area contributed by atoms with Crippen molar-refractivity contribution in [3.8, 4) is 11.1 Å². The molecule has 2 aromatic carbocycles. The first-order valence-electron chi connectivity index (χ1n) is 6.86. The minimum absolute atomic E-state index is 0.123. The van der Waals surface area contributed by atoms with Crippen molar-refractivity contribution in [1.82, 2.24) is 0 Å². The van der Waals surface area contributed by atoms with Gasteiger partial charge in [-0.05, 0) is 23.3 Å². The van der Waals surface area contributed by atoms with E-state index < -0.39 is 35.8 Å². The fourth-order valence-corrected chi connectivity index (χ4v) is 2.24. The Kier molecular flexibility index (Phi) is 4.92. The van der Waals surface area contributed by atoms with E-state index in [4.69, 9.17) is 0 Å². The molecule has 0 aliphatic carbocycles. The number of hydrogen-bond donors (Lipinski definition) is 1. The molecule has 0 unspecified atom stereocenters. The zero-order chi connectivity index (χ0) is 17.9. The van der Waals surface area contributed by atoms with Crippen LogP contribution in [-0.2, 0) is 22.3 Å². The molecule has 0 aromatic heterocycles. The molecule has 0 atom stereocenters. The van der Waals surface area contributed by atoms with Gasteiger partial charge < -0.3 is 9.84 Å². The smallest absolute Gasteiger partial charge is 0.416 e. The van der Waals surface area contributed by atoms with E-state index in [0.717, 1.165) is 13.0 Å². The first-order valence-corrected chi connectivity index (χ1v) is 6.86. The molecule has 4 nitrogen and oxygen atoms in total. The number of rotatable bonds is 4. The van der Waals surface area contributed by atoms with Crippen LogP contribution in [0.4, 0.5) is 13.2 Å². The number of ether oxygens (including phenoxy) is 1. The Balaban J connectivity index is 2.68. The summed E-state index contributed by atoms with van der Waals surface area (Å²) in [6.07, 6.45) is -4.77. The Hall–Kier alpha value is -2.83. The molecule has 24 heavy (non-hydrogen) atoms. The molecule has 0 fully saturated rings. The van der Waals surface area contributed by atoms with E-state index in [-0.39, 0.29) is 11.1 Å². The average Bonchev–Trinajstić information content (AvgIpc) is 2.51. The highest BCUT2D eigenvalue weighted by atomic mass is 19.4. The summed E-state index contributed by atoms with van der Waals surface area (Å²) in [4.78, 5) is 22.3. The van der Waals surface area contributed by atoms with Gasteiger partial charge in [-0.2, -0.15) is 13.2 Å². The van der Waals surface area contributed by atoms with Crippen molar-refractivity contribution in [1.29, 1.82) is 0 Å². The highest BCUT2D eigenvalue weighted by Crippen LogP contribution is 2.37. The summed E-state index contributed by atoms with van der Waals surface area (Å²) in [6.45, 7) is 0.487. The molecule has 0 radical (unpaired) electrons. The highest BCUT2D eigenvalue weighted by Gasteiger charge is 2.35. The van der Waals surface area contributed by atoms with Crippen LogP contribution in [0.2, 0.25) is 0 Å². The van der Waals surface area contributed by atoms with E-state index in [1.165, 1.54) is 0 Å². The third-order valence-corrected chi connectivity index (χ3v) is 3.29. The zero-order valence-electron chi connectivity index (χ0n) is 12.6. The molecule has 0 aliphatic rings. The minimum Gasteiger partial charge on any atom is -0.478 e. The van der Waals surface area contributed by atoms with Crippen LogP contribution in [-0.4, -0.2) is 17.0 Å².